The van der Waals surface area contributed by atoms with Gasteiger partial charge < -0.3 is 29.9 Å². The molecule has 1 amide bonds. The van der Waals surface area contributed by atoms with Crippen LogP contribution in [0.1, 0.15) is 51.5 Å². The molecule has 10 heteroatoms. The van der Waals surface area contributed by atoms with E-state index >= 15 is 0 Å². The first-order chi connectivity index (χ1) is 19.8. The first kappa shape index (κ1) is 27.9. The lowest BCUT2D eigenvalue weighted by molar-refractivity contribution is -0.116. The number of nitrogens with zero attached hydrogens (tertiary/aromatic N) is 3. The van der Waals surface area contributed by atoms with E-state index in [2.05, 4.69) is 21.7 Å². The van der Waals surface area contributed by atoms with Crippen LogP contribution in [-0.2, 0) is 4.79 Å². The number of carboxylic acid groups (broad SMARTS) is 1. The van der Waals surface area contributed by atoms with Gasteiger partial charge >= 0.3 is 5.97 Å². The summed E-state index contributed by atoms with van der Waals surface area (Å²) in [7, 11) is 1.56. The average Bonchev–Trinajstić information content (AvgIpc) is 3.46. The van der Waals surface area contributed by atoms with Crippen molar-refractivity contribution in [3.8, 4) is 11.4 Å². The van der Waals surface area contributed by atoms with Crippen molar-refractivity contribution in [1.29, 1.82) is 0 Å². The Hall–Kier alpha value is -4.70. The number of benzene rings is 2. The van der Waals surface area contributed by atoms with E-state index in [0.717, 1.165) is 22.6 Å². The van der Waals surface area contributed by atoms with Gasteiger partial charge in [0.05, 0.1) is 41.8 Å². The smallest absolute Gasteiger partial charge is 0.337 e. The minimum atomic E-state index is -0.993. The second-order valence-corrected chi connectivity index (χ2v) is 10.2. The summed E-state index contributed by atoms with van der Waals surface area (Å²) in [5.74, 6) is -0.577. The number of amides is 1. The van der Waals surface area contributed by atoms with Crippen molar-refractivity contribution in [1.82, 2.24) is 19.8 Å². The monoisotopic (exact) mass is 569 g/mol. The summed E-state index contributed by atoms with van der Waals surface area (Å²) < 4.78 is 7.32. The van der Waals surface area contributed by atoms with Crippen molar-refractivity contribution in [2.45, 2.75) is 32.4 Å². The van der Waals surface area contributed by atoms with Gasteiger partial charge in [-0.05, 0) is 74.1 Å². The molecule has 9 nitrogen and oxygen atoms in total. The molecule has 2 aromatic heterocycles. The van der Waals surface area contributed by atoms with E-state index in [1.165, 1.54) is 0 Å². The van der Waals surface area contributed by atoms with E-state index < -0.39 is 5.97 Å². The van der Waals surface area contributed by atoms with Gasteiger partial charge in [-0.15, -0.1) is 0 Å². The zero-order valence-electron chi connectivity index (χ0n) is 23.0. The standard InChI is InChI=1S/C31H31N5O4S/c1-19-18-22(20(2)36(19)25-13-6-4-10-21(25)30(38)39)29-28(24-12-8-9-16-32-24)34-31(41)35(29)17-15-27(37)33-23-11-5-7-14-26(23)40-3/h4-14,16,18,28-29H,15,17H2,1-3H3,(H,33,37)(H,34,41)(H,38,39)/t28-,29-/m1/s1. The minimum Gasteiger partial charge on any atom is -0.495 e. The van der Waals surface area contributed by atoms with E-state index in [-0.39, 0.29) is 30.0 Å². The summed E-state index contributed by atoms with van der Waals surface area (Å²) in [5.41, 5.74) is 4.96. The fourth-order valence-electron chi connectivity index (χ4n) is 5.47. The SMILES string of the molecule is COc1ccccc1NC(=O)CCN1C(=S)N[C@H](c2ccccn2)[C@H]1c1cc(C)n(-c2ccccc2C(=O)O)c1C. The lowest BCUT2D eigenvalue weighted by Gasteiger charge is -2.28. The second-order valence-electron chi connectivity index (χ2n) is 9.80. The van der Waals surface area contributed by atoms with Gasteiger partial charge in [-0.2, -0.15) is 0 Å². The highest BCUT2D eigenvalue weighted by molar-refractivity contribution is 7.80. The molecule has 4 aromatic rings. The summed E-state index contributed by atoms with van der Waals surface area (Å²) in [6.07, 6.45) is 1.93. The van der Waals surface area contributed by atoms with Crippen LogP contribution in [0, 0.1) is 13.8 Å². The number of aryl methyl sites for hydroxylation is 1. The van der Waals surface area contributed by atoms with Gasteiger partial charge in [0, 0.05) is 30.6 Å². The molecular formula is C31H31N5O4S. The molecule has 1 saturated heterocycles. The zero-order valence-corrected chi connectivity index (χ0v) is 23.8. The number of para-hydroxylation sites is 3. The van der Waals surface area contributed by atoms with Crippen LogP contribution < -0.4 is 15.4 Å². The molecule has 1 aliphatic heterocycles. The number of carbonyl (C=O) groups excluding carboxylic acids is 1. The second kappa shape index (κ2) is 11.8. The quantitative estimate of drug-likeness (QED) is 0.236. The predicted octanol–water partition coefficient (Wildman–Crippen LogP) is 5.20. The van der Waals surface area contributed by atoms with E-state index in [4.69, 9.17) is 17.0 Å². The highest BCUT2D eigenvalue weighted by atomic mass is 32.1. The number of carboxylic acids is 1. The van der Waals surface area contributed by atoms with Crippen LogP contribution in [0.3, 0.4) is 0 Å². The molecule has 2 atom stereocenters. The first-order valence-corrected chi connectivity index (χ1v) is 13.6. The van der Waals surface area contributed by atoms with Crippen LogP contribution in [0.4, 0.5) is 5.69 Å². The molecule has 1 fully saturated rings. The van der Waals surface area contributed by atoms with Gasteiger partial charge in [0.15, 0.2) is 5.11 Å². The summed E-state index contributed by atoms with van der Waals surface area (Å²) in [4.78, 5) is 31.7. The Bertz CT molecular complexity index is 1600. The number of nitrogens with one attached hydrogen (secondary N) is 2. The van der Waals surface area contributed by atoms with Crippen LogP contribution in [0.2, 0.25) is 0 Å². The van der Waals surface area contributed by atoms with Gasteiger partial charge in [0.2, 0.25) is 5.91 Å². The van der Waals surface area contributed by atoms with E-state index in [0.29, 0.717) is 28.8 Å². The fraction of sp³-hybridized carbons (Fsp3) is 0.226. The Kier molecular flexibility index (Phi) is 8.02. The largest absolute Gasteiger partial charge is 0.495 e. The number of aromatic nitrogens is 2. The Morgan fingerprint density at radius 1 is 1.07 bits per heavy atom. The Morgan fingerprint density at radius 3 is 2.54 bits per heavy atom. The third-order valence-corrected chi connectivity index (χ3v) is 7.68. The molecule has 1 aliphatic rings. The lowest BCUT2D eigenvalue weighted by Crippen LogP contribution is -2.33. The molecule has 0 bridgehead atoms. The Labute approximate surface area is 243 Å². The molecule has 3 heterocycles. The maximum Gasteiger partial charge on any atom is 0.337 e. The number of pyridine rings is 1. The molecule has 3 N–H and O–H groups in total. The van der Waals surface area contributed by atoms with Crippen molar-refractivity contribution < 1.29 is 19.4 Å². The highest BCUT2D eigenvalue weighted by Crippen LogP contribution is 2.41. The maximum absolute atomic E-state index is 13.0. The fourth-order valence-corrected chi connectivity index (χ4v) is 5.81. The van der Waals surface area contributed by atoms with Gasteiger partial charge in [-0.25, -0.2) is 4.79 Å². The van der Waals surface area contributed by atoms with E-state index in [9.17, 15) is 14.7 Å². The molecule has 0 aliphatic carbocycles. The van der Waals surface area contributed by atoms with Crippen molar-refractivity contribution in [3.63, 3.8) is 0 Å². The van der Waals surface area contributed by atoms with Crippen molar-refractivity contribution in [3.05, 3.63) is 107 Å². The number of carbonyl (C=O) groups is 2. The van der Waals surface area contributed by atoms with Crippen LogP contribution >= 0.6 is 12.2 Å². The van der Waals surface area contributed by atoms with Crippen molar-refractivity contribution in [2.24, 2.45) is 0 Å². The van der Waals surface area contributed by atoms with Crippen LogP contribution in [0.15, 0.2) is 79.0 Å². The summed E-state index contributed by atoms with van der Waals surface area (Å²) in [6.45, 7) is 4.29. The predicted molar refractivity (Wildman–Crippen MR) is 161 cm³/mol. The maximum atomic E-state index is 13.0. The van der Waals surface area contributed by atoms with Crippen molar-refractivity contribution >= 4 is 34.9 Å². The Morgan fingerprint density at radius 2 is 1.80 bits per heavy atom. The lowest BCUT2D eigenvalue weighted by atomic mass is 9.96. The summed E-state index contributed by atoms with van der Waals surface area (Å²) in [6, 6.07) is 21.5. The number of thiocarbonyl (C=S) groups is 1. The number of methoxy groups -OCH3 is 1. The molecule has 0 spiro atoms. The minimum absolute atomic E-state index is 0.168. The summed E-state index contributed by atoms with van der Waals surface area (Å²) >= 11 is 5.80. The molecule has 210 valence electrons. The topological polar surface area (TPSA) is 109 Å². The van der Waals surface area contributed by atoms with Crippen LogP contribution in [0.5, 0.6) is 5.75 Å². The number of hydrogen-bond donors (Lipinski definition) is 3. The van der Waals surface area contributed by atoms with E-state index in [1.54, 1.807) is 43.6 Å². The number of hydrogen-bond acceptors (Lipinski definition) is 5. The first-order valence-electron chi connectivity index (χ1n) is 13.2. The number of aromatic carboxylic acids is 1. The number of rotatable bonds is 9. The molecule has 41 heavy (non-hydrogen) atoms. The number of ether oxygens (including phenoxy) is 1. The van der Waals surface area contributed by atoms with Gasteiger partial charge in [0.1, 0.15) is 5.75 Å². The molecular weight excluding hydrogens is 538 g/mol. The molecule has 2 aromatic carbocycles. The third kappa shape index (κ3) is 5.51. The third-order valence-electron chi connectivity index (χ3n) is 7.32. The molecule has 0 saturated carbocycles. The summed E-state index contributed by atoms with van der Waals surface area (Å²) in [5, 5.41) is 16.7. The van der Waals surface area contributed by atoms with Gasteiger partial charge in [-0.3, -0.25) is 9.78 Å². The molecule has 0 unspecified atom stereocenters. The van der Waals surface area contributed by atoms with Crippen molar-refractivity contribution in [2.75, 3.05) is 19.0 Å². The van der Waals surface area contributed by atoms with Gasteiger partial charge in [0.25, 0.3) is 0 Å². The van der Waals surface area contributed by atoms with Gasteiger partial charge in [-0.1, -0.05) is 30.3 Å². The zero-order chi connectivity index (χ0) is 29.1. The highest BCUT2D eigenvalue weighted by Gasteiger charge is 2.41. The molecule has 0 radical (unpaired) electrons. The van der Waals surface area contributed by atoms with E-state index in [1.807, 2.05) is 59.7 Å². The van der Waals surface area contributed by atoms with Crippen LogP contribution in [-0.4, -0.2) is 50.2 Å². The molecule has 5 rings (SSSR count). The Balaban J connectivity index is 1.50. The van der Waals surface area contributed by atoms with Crippen LogP contribution in [0.25, 0.3) is 5.69 Å². The normalized spacial score (nSPS) is 16.4. The number of anilines is 1. The average molecular weight is 570 g/mol.